The highest BCUT2D eigenvalue weighted by Crippen LogP contribution is 2.40. The highest BCUT2D eigenvalue weighted by Gasteiger charge is 2.34. The van der Waals surface area contributed by atoms with Crippen molar-refractivity contribution in [3.63, 3.8) is 0 Å². The molecule has 1 aliphatic carbocycles. The van der Waals surface area contributed by atoms with E-state index in [0.717, 1.165) is 19.3 Å². The highest BCUT2D eigenvalue weighted by atomic mass is 35.5. The number of halogens is 2. The number of anilines is 1. The molecular weight excluding hydrogens is 309 g/mol. The number of benzene rings is 1. The van der Waals surface area contributed by atoms with Crippen LogP contribution in [-0.2, 0) is 4.74 Å². The molecule has 0 aromatic heterocycles. The van der Waals surface area contributed by atoms with E-state index in [1.54, 1.807) is 0 Å². The summed E-state index contributed by atoms with van der Waals surface area (Å²) in [5.74, 6) is 0.152. The smallest absolute Gasteiger partial charge is 0.338 e. The molecule has 2 N–H and O–H groups in total. The number of ether oxygens (including phenoxy) is 1. The van der Waals surface area contributed by atoms with Gasteiger partial charge in [0.2, 0.25) is 0 Å². The Balaban J connectivity index is 2.11. The van der Waals surface area contributed by atoms with Crippen molar-refractivity contribution in [2.24, 2.45) is 11.3 Å². The van der Waals surface area contributed by atoms with Crippen molar-refractivity contribution in [1.29, 1.82) is 0 Å². The van der Waals surface area contributed by atoms with Gasteiger partial charge in [-0.2, -0.15) is 0 Å². The fraction of sp³-hybridized carbons (Fsp3) is 0.562. The Morgan fingerprint density at radius 2 is 1.86 bits per heavy atom. The van der Waals surface area contributed by atoms with Gasteiger partial charge in [-0.3, -0.25) is 0 Å². The zero-order chi connectivity index (χ0) is 15.8. The lowest BCUT2D eigenvalue weighted by molar-refractivity contribution is -0.00714. The first-order valence-corrected chi connectivity index (χ1v) is 7.89. The Labute approximate surface area is 135 Å². The molecule has 0 spiro atoms. The maximum absolute atomic E-state index is 12.3. The Bertz CT molecular complexity index is 534. The largest absolute Gasteiger partial charge is 0.459 e. The average molecular weight is 330 g/mol. The van der Waals surface area contributed by atoms with Crippen molar-refractivity contribution in [1.82, 2.24) is 0 Å². The number of hydrogen-bond donors (Lipinski definition) is 1. The van der Waals surface area contributed by atoms with Gasteiger partial charge in [0.1, 0.15) is 6.10 Å². The molecule has 2 atom stereocenters. The van der Waals surface area contributed by atoms with E-state index in [4.69, 9.17) is 33.7 Å². The van der Waals surface area contributed by atoms with E-state index in [0.29, 0.717) is 11.5 Å². The maximum Gasteiger partial charge on any atom is 0.338 e. The van der Waals surface area contributed by atoms with Crippen LogP contribution in [0.15, 0.2) is 12.1 Å². The predicted octanol–water partition coefficient (Wildman–Crippen LogP) is 4.95. The van der Waals surface area contributed by atoms with Crippen LogP contribution in [0.3, 0.4) is 0 Å². The lowest BCUT2D eigenvalue weighted by atomic mass is 9.71. The molecule has 3 nitrogen and oxygen atoms in total. The SMILES string of the molecule is CC1CC(OC(=O)c2cc(Cl)c(N)c(Cl)c2)CC(C)(C)C1. The van der Waals surface area contributed by atoms with Crippen molar-refractivity contribution < 1.29 is 9.53 Å². The number of carbonyl (C=O) groups excluding carboxylic acids is 1. The monoisotopic (exact) mass is 329 g/mol. The van der Waals surface area contributed by atoms with E-state index >= 15 is 0 Å². The van der Waals surface area contributed by atoms with Crippen LogP contribution in [0.25, 0.3) is 0 Å². The van der Waals surface area contributed by atoms with Gasteiger partial charge in [0.15, 0.2) is 0 Å². The van der Waals surface area contributed by atoms with Crippen molar-refractivity contribution in [3.05, 3.63) is 27.7 Å². The van der Waals surface area contributed by atoms with Gasteiger partial charge in [0, 0.05) is 0 Å². The number of esters is 1. The molecule has 2 unspecified atom stereocenters. The summed E-state index contributed by atoms with van der Waals surface area (Å²) in [6, 6.07) is 3.00. The summed E-state index contributed by atoms with van der Waals surface area (Å²) < 4.78 is 5.64. The molecule has 0 heterocycles. The van der Waals surface area contributed by atoms with Crippen LogP contribution in [0.1, 0.15) is 50.4 Å². The third-order valence-corrected chi connectivity index (χ3v) is 4.56. The van der Waals surface area contributed by atoms with Gasteiger partial charge < -0.3 is 10.5 Å². The summed E-state index contributed by atoms with van der Waals surface area (Å²) in [6.45, 7) is 6.61. The fourth-order valence-corrected chi connectivity index (χ4v) is 3.76. The third kappa shape index (κ3) is 4.04. The van der Waals surface area contributed by atoms with Gasteiger partial charge in [-0.25, -0.2) is 4.79 Å². The third-order valence-electron chi connectivity index (χ3n) is 3.94. The van der Waals surface area contributed by atoms with Crippen molar-refractivity contribution in [3.8, 4) is 0 Å². The topological polar surface area (TPSA) is 52.3 Å². The molecule has 1 aliphatic rings. The average Bonchev–Trinajstić information content (AvgIpc) is 2.32. The predicted molar refractivity (Wildman–Crippen MR) is 86.9 cm³/mol. The fourth-order valence-electron chi connectivity index (χ4n) is 3.27. The van der Waals surface area contributed by atoms with Crippen molar-refractivity contribution in [2.75, 3.05) is 5.73 Å². The number of carbonyl (C=O) groups is 1. The van der Waals surface area contributed by atoms with E-state index in [9.17, 15) is 4.79 Å². The molecule has 0 saturated heterocycles. The number of hydrogen-bond acceptors (Lipinski definition) is 3. The molecule has 0 aliphatic heterocycles. The molecular formula is C16H21Cl2NO2. The quantitative estimate of drug-likeness (QED) is 0.617. The summed E-state index contributed by atoms with van der Waals surface area (Å²) in [6.07, 6.45) is 2.86. The zero-order valence-electron chi connectivity index (χ0n) is 12.6. The molecule has 0 bridgehead atoms. The van der Waals surface area contributed by atoms with Crippen LogP contribution in [0.5, 0.6) is 0 Å². The molecule has 1 fully saturated rings. The van der Waals surface area contributed by atoms with Crippen LogP contribution >= 0.6 is 23.2 Å². The first kappa shape index (κ1) is 16.4. The molecule has 0 amide bonds. The minimum Gasteiger partial charge on any atom is -0.459 e. The second-order valence-corrected chi connectivity index (χ2v) is 7.61. The number of nitrogens with two attached hydrogens (primary N) is 1. The van der Waals surface area contributed by atoms with Gasteiger partial charge in [0.25, 0.3) is 0 Å². The van der Waals surface area contributed by atoms with Crippen LogP contribution in [-0.4, -0.2) is 12.1 Å². The second-order valence-electron chi connectivity index (χ2n) is 6.79. The van der Waals surface area contributed by atoms with Crippen LogP contribution < -0.4 is 5.73 Å². The maximum atomic E-state index is 12.3. The summed E-state index contributed by atoms with van der Waals surface area (Å²) in [4.78, 5) is 12.3. The van der Waals surface area contributed by atoms with Gasteiger partial charge >= 0.3 is 5.97 Å². The Kier molecular flexibility index (Phi) is 4.74. The molecule has 1 aromatic carbocycles. The molecule has 2 rings (SSSR count). The standard InChI is InChI=1S/C16H21Cl2NO2/c1-9-4-11(8-16(2,3)7-9)21-15(20)10-5-12(17)14(19)13(18)6-10/h5-6,9,11H,4,7-8,19H2,1-3H3. The molecule has 21 heavy (non-hydrogen) atoms. The van der Waals surface area contributed by atoms with E-state index in [-0.39, 0.29) is 27.3 Å². The minimum absolute atomic E-state index is 0.0636. The van der Waals surface area contributed by atoms with Gasteiger partial charge in [-0.05, 0) is 42.7 Å². The number of rotatable bonds is 2. The Morgan fingerprint density at radius 3 is 2.38 bits per heavy atom. The lowest BCUT2D eigenvalue weighted by Crippen LogP contribution is -2.34. The highest BCUT2D eigenvalue weighted by molar-refractivity contribution is 6.39. The van der Waals surface area contributed by atoms with E-state index in [2.05, 4.69) is 20.8 Å². The van der Waals surface area contributed by atoms with E-state index in [1.165, 1.54) is 12.1 Å². The van der Waals surface area contributed by atoms with Gasteiger partial charge in [-0.1, -0.05) is 44.0 Å². The molecule has 1 saturated carbocycles. The normalized spacial score (nSPS) is 24.6. The summed E-state index contributed by atoms with van der Waals surface area (Å²) in [7, 11) is 0. The lowest BCUT2D eigenvalue weighted by Gasteiger charge is -2.38. The first-order valence-electron chi connectivity index (χ1n) is 7.13. The van der Waals surface area contributed by atoms with Gasteiger partial charge in [0.05, 0.1) is 21.3 Å². The van der Waals surface area contributed by atoms with Crippen molar-refractivity contribution >= 4 is 34.9 Å². The van der Waals surface area contributed by atoms with E-state index < -0.39 is 5.97 Å². The summed E-state index contributed by atoms with van der Waals surface area (Å²) in [5, 5.41) is 0.540. The molecule has 116 valence electrons. The van der Waals surface area contributed by atoms with Crippen LogP contribution in [0.2, 0.25) is 10.0 Å². The minimum atomic E-state index is -0.395. The Morgan fingerprint density at radius 1 is 1.29 bits per heavy atom. The van der Waals surface area contributed by atoms with Gasteiger partial charge in [-0.15, -0.1) is 0 Å². The number of nitrogen functional groups attached to an aromatic ring is 1. The van der Waals surface area contributed by atoms with Crippen LogP contribution in [0, 0.1) is 11.3 Å². The van der Waals surface area contributed by atoms with Crippen molar-refractivity contribution in [2.45, 2.75) is 46.1 Å². The first-order chi connectivity index (χ1) is 9.68. The summed E-state index contributed by atoms with van der Waals surface area (Å²) in [5.41, 5.74) is 6.49. The molecule has 0 radical (unpaired) electrons. The summed E-state index contributed by atoms with van der Waals surface area (Å²) >= 11 is 11.9. The molecule has 5 heteroatoms. The van der Waals surface area contributed by atoms with Crippen LogP contribution in [0.4, 0.5) is 5.69 Å². The second kappa shape index (κ2) is 6.05. The molecule has 1 aromatic rings. The Hall–Kier alpha value is -0.930. The zero-order valence-corrected chi connectivity index (χ0v) is 14.1. The van der Waals surface area contributed by atoms with E-state index in [1.807, 2.05) is 0 Å².